The van der Waals surface area contributed by atoms with Gasteiger partial charge in [0.1, 0.15) is 0 Å². The highest BCUT2D eigenvalue weighted by atomic mass is 79.9. The van der Waals surface area contributed by atoms with Crippen molar-refractivity contribution in [3.63, 3.8) is 0 Å². The minimum Gasteiger partial charge on any atom is -0.380 e. The fourth-order valence-corrected chi connectivity index (χ4v) is 2.55. The van der Waals surface area contributed by atoms with Gasteiger partial charge in [-0.05, 0) is 51.7 Å². The van der Waals surface area contributed by atoms with Gasteiger partial charge >= 0.3 is 0 Å². The van der Waals surface area contributed by atoms with E-state index in [2.05, 4.69) is 52.4 Å². The Kier molecular flexibility index (Phi) is 4.67. The van der Waals surface area contributed by atoms with E-state index in [0.29, 0.717) is 0 Å². The van der Waals surface area contributed by atoms with Crippen molar-refractivity contribution in [2.45, 2.75) is 19.9 Å². The zero-order valence-electron chi connectivity index (χ0n) is 10.2. The minimum absolute atomic E-state index is 0.736. The highest BCUT2D eigenvalue weighted by Crippen LogP contribution is 2.26. The van der Waals surface area contributed by atoms with E-state index in [1.807, 2.05) is 18.2 Å². The third-order valence-corrected chi connectivity index (χ3v) is 3.74. The van der Waals surface area contributed by atoms with Gasteiger partial charge in [-0.3, -0.25) is 0 Å². The van der Waals surface area contributed by atoms with E-state index in [1.54, 1.807) is 0 Å². The molecule has 3 heteroatoms. The molecule has 0 saturated carbocycles. The van der Waals surface area contributed by atoms with Crippen LogP contribution in [0.25, 0.3) is 0 Å². The first-order valence-electron chi connectivity index (χ1n) is 5.96. The van der Waals surface area contributed by atoms with E-state index < -0.39 is 0 Å². The highest BCUT2D eigenvalue weighted by molar-refractivity contribution is 9.10. The highest BCUT2D eigenvalue weighted by Gasteiger charge is 2.00. The maximum absolute atomic E-state index is 5.91. The molecule has 2 rings (SSSR count). The van der Waals surface area contributed by atoms with Crippen molar-refractivity contribution in [1.29, 1.82) is 0 Å². The first-order chi connectivity index (χ1) is 8.69. The van der Waals surface area contributed by atoms with Gasteiger partial charge in [0, 0.05) is 21.7 Å². The molecule has 94 valence electrons. The Morgan fingerprint density at radius 1 is 1.06 bits per heavy atom. The number of aryl methyl sites for hydroxylation is 1. The first kappa shape index (κ1) is 13.4. The number of benzene rings is 2. The number of hydrogen-bond donors (Lipinski definition) is 1. The van der Waals surface area contributed by atoms with Crippen LogP contribution in [0, 0.1) is 0 Å². The fraction of sp³-hybridized carbons (Fsp3) is 0.200. The van der Waals surface area contributed by atoms with Crippen molar-refractivity contribution in [3.05, 3.63) is 63.1 Å². The van der Waals surface area contributed by atoms with Crippen LogP contribution in [0.3, 0.4) is 0 Å². The molecule has 0 aliphatic heterocycles. The third kappa shape index (κ3) is 3.50. The van der Waals surface area contributed by atoms with Gasteiger partial charge in [0.2, 0.25) is 0 Å². The van der Waals surface area contributed by atoms with E-state index in [9.17, 15) is 0 Å². The van der Waals surface area contributed by atoms with E-state index in [-0.39, 0.29) is 0 Å². The SMILES string of the molecule is CCc1ccc(CNc2ccc(Cl)cc2Br)cc1. The van der Waals surface area contributed by atoms with Crippen LogP contribution in [0.1, 0.15) is 18.1 Å². The van der Waals surface area contributed by atoms with Gasteiger partial charge in [-0.2, -0.15) is 0 Å². The van der Waals surface area contributed by atoms with Gasteiger partial charge in [-0.15, -0.1) is 0 Å². The molecule has 2 aromatic carbocycles. The van der Waals surface area contributed by atoms with Gasteiger partial charge in [0.15, 0.2) is 0 Å². The van der Waals surface area contributed by atoms with Crippen molar-refractivity contribution in [2.24, 2.45) is 0 Å². The number of nitrogens with one attached hydrogen (secondary N) is 1. The van der Waals surface area contributed by atoms with E-state index in [1.165, 1.54) is 11.1 Å². The van der Waals surface area contributed by atoms with Crippen LogP contribution in [0.15, 0.2) is 46.9 Å². The lowest BCUT2D eigenvalue weighted by Crippen LogP contribution is -2.00. The van der Waals surface area contributed by atoms with Gasteiger partial charge in [0.05, 0.1) is 0 Å². The molecule has 1 nitrogen and oxygen atoms in total. The molecule has 0 radical (unpaired) electrons. The number of rotatable bonds is 4. The maximum Gasteiger partial charge on any atom is 0.0488 e. The first-order valence-corrected chi connectivity index (χ1v) is 7.13. The minimum atomic E-state index is 0.736. The predicted molar refractivity (Wildman–Crippen MR) is 82.3 cm³/mol. The van der Waals surface area contributed by atoms with Crippen molar-refractivity contribution in [1.82, 2.24) is 0 Å². The molecule has 1 N–H and O–H groups in total. The van der Waals surface area contributed by atoms with Gasteiger partial charge < -0.3 is 5.32 Å². The smallest absolute Gasteiger partial charge is 0.0488 e. The summed E-state index contributed by atoms with van der Waals surface area (Å²) in [4.78, 5) is 0. The van der Waals surface area contributed by atoms with Crippen molar-refractivity contribution in [2.75, 3.05) is 5.32 Å². The average molecular weight is 325 g/mol. The number of anilines is 1. The molecule has 0 saturated heterocycles. The van der Waals surface area contributed by atoms with E-state index >= 15 is 0 Å². The van der Waals surface area contributed by atoms with Crippen molar-refractivity contribution >= 4 is 33.2 Å². The molecule has 0 fully saturated rings. The van der Waals surface area contributed by atoms with Crippen molar-refractivity contribution < 1.29 is 0 Å². The molecular weight excluding hydrogens is 310 g/mol. The molecule has 18 heavy (non-hydrogen) atoms. The Bertz CT molecular complexity index is 523. The van der Waals surface area contributed by atoms with Crippen LogP contribution in [-0.2, 0) is 13.0 Å². The molecule has 0 aliphatic carbocycles. The topological polar surface area (TPSA) is 12.0 Å². The summed E-state index contributed by atoms with van der Waals surface area (Å²) in [5.41, 5.74) is 3.69. The summed E-state index contributed by atoms with van der Waals surface area (Å²) in [6.07, 6.45) is 1.08. The van der Waals surface area contributed by atoms with Crippen LogP contribution in [0.4, 0.5) is 5.69 Å². The summed E-state index contributed by atoms with van der Waals surface area (Å²) in [6, 6.07) is 14.4. The Morgan fingerprint density at radius 2 is 1.72 bits per heavy atom. The van der Waals surface area contributed by atoms with Gasteiger partial charge in [-0.25, -0.2) is 0 Å². The molecule has 2 aromatic rings. The standard InChI is InChI=1S/C15H15BrClN/c1-2-11-3-5-12(6-4-11)10-18-15-8-7-13(17)9-14(15)16/h3-9,18H,2,10H2,1H3. The Hall–Kier alpha value is -0.990. The molecule has 0 aromatic heterocycles. The zero-order valence-corrected chi connectivity index (χ0v) is 12.6. The summed E-state index contributed by atoms with van der Waals surface area (Å²) in [6.45, 7) is 2.97. The Morgan fingerprint density at radius 3 is 2.33 bits per heavy atom. The second-order valence-corrected chi connectivity index (χ2v) is 5.44. The van der Waals surface area contributed by atoms with Crippen LogP contribution < -0.4 is 5.32 Å². The van der Waals surface area contributed by atoms with Crippen LogP contribution in [0.5, 0.6) is 0 Å². The molecule has 0 unspecified atom stereocenters. The van der Waals surface area contributed by atoms with Crippen molar-refractivity contribution in [3.8, 4) is 0 Å². The van der Waals surface area contributed by atoms with Gasteiger partial charge in [-0.1, -0.05) is 42.8 Å². The monoisotopic (exact) mass is 323 g/mol. The lowest BCUT2D eigenvalue weighted by molar-refractivity contribution is 1.10. The lowest BCUT2D eigenvalue weighted by atomic mass is 10.1. The van der Waals surface area contributed by atoms with Crippen LogP contribution in [0.2, 0.25) is 5.02 Å². The molecule has 0 amide bonds. The summed E-state index contributed by atoms with van der Waals surface area (Å²) in [5, 5.41) is 4.12. The second-order valence-electron chi connectivity index (χ2n) is 4.15. The average Bonchev–Trinajstić information content (AvgIpc) is 2.38. The molecule has 0 heterocycles. The zero-order chi connectivity index (χ0) is 13.0. The van der Waals surface area contributed by atoms with E-state index in [0.717, 1.165) is 28.1 Å². The maximum atomic E-state index is 5.91. The Balaban J connectivity index is 2.02. The van der Waals surface area contributed by atoms with Crippen LogP contribution in [-0.4, -0.2) is 0 Å². The molecule has 0 aliphatic rings. The Labute approximate surface area is 121 Å². The normalized spacial score (nSPS) is 10.4. The molecule has 0 bridgehead atoms. The number of hydrogen-bond acceptors (Lipinski definition) is 1. The molecule has 0 spiro atoms. The summed E-state index contributed by atoms with van der Waals surface area (Å²) in [7, 11) is 0. The lowest BCUT2D eigenvalue weighted by Gasteiger charge is -2.09. The summed E-state index contributed by atoms with van der Waals surface area (Å²) < 4.78 is 0.986. The third-order valence-electron chi connectivity index (χ3n) is 2.85. The fourth-order valence-electron chi connectivity index (χ4n) is 1.72. The van der Waals surface area contributed by atoms with Crippen LogP contribution >= 0.6 is 27.5 Å². The van der Waals surface area contributed by atoms with E-state index in [4.69, 9.17) is 11.6 Å². The predicted octanol–water partition coefficient (Wildman–Crippen LogP) is 5.28. The van der Waals surface area contributed by atoms with Gasteiger partial charge in [0.25, 0.3) is 0 Å². The summed E-state index contributed by atoms with van der Waals surface area (Å²) >= 11 is 9.41. The summed E-state index contributed by atoms with van der Waals surface area (Å²) in [5.74, 6) is 0. The molecule has 0 atom stereocenters. The molecular formula is C15H15BrClN. The largest absolute Gasteiger partial charge is 0.380 e. The number of halogens is 2. The quantitative estimate of drug-likeness (QED) is 0.807. The second kappa shape index (κ2) is 6.26.